The molecule has 6 nitrogen and oxygen atoms in total. The van der Waals surface area contributed by atoms with Crippen molar-refractivity contribution in [3.63, 3.8) is 0 Å². The van der Waals surface area contributed by atoms with Gasteiger partial charge in [-0.1, -0.05) is 326 Å². The first kappa shape index (κ1) is 73.1. The minimum atomic E-state index is -0.845. The molecular formula is C69H131NO5. The number of allylic oxidation sites excluding steroid dienone is 5. The molecule has 1 amide bonds. The first-order chi connectivity index (χ1) is 37.0. The van der Waals surface area contributed by atoms with Gasteiger partial charge in [-0.05, 0) is 64.2 Å². The van der Waals surface area contributed by atoms with Crippen LogP contribution >= 0.6 is 0 Å². The minimum Gasteiger partial charge on any atom is -0.466 e. The van der Waals surface area contributed by atoms with Gasteiger partial charge in [-0.25, -0.2) is 0 Å². The van der Waals surface area contributed by atoms with Crippen LogP contribution in [-0.4, -0.2) is 47.4 Å². The lowest BCUT2D eigenvalue weighted by Gasteiger charge is -2.20. The smallest absolute Gasteiger partial charge is 0.305 e. The van der Waals surface area contributed by atoms with E-state index in [9.17, 15) is 19.8 Å². The van der Waals surface area contributed by atoms with Gasteiger partial charge in [-0.2, -0.15) is 0 Å². The van der Waals surface area contributed by atoms with E-state index in [1.165, 1.54) is 289 Å². The van der Waals surface area contributed by atoms with E-state index in [1.54, 1.807) is 6.08 Å². The molecule has 0 radical (unpaired) electrons. The van der Waals surface area contributed by atoms with Crippen molar-refractivity contribution >= 4 is 11.9 Å². The Labute approximate surface area is 468 Å². The lowest BCUT2D eigenvalue weighted by atomic mass is 10.0. The van der Waals surface area contributed by atoms with Crippen LogP contribution in [0, 0.1) is 0 Å². The van der Waals surface area contributed by atoms with Crippen molar-refractivity contribution in [1.29, 1.82) is 0 Å². The van der Waals surface area contributed by atoms with E-state index < -0.39 is 12.1 Å². The van der Waals surface area contributed by atoms with Crippen LogP contribution in [0.15, 0.2) is 36.5 Å². The molecule has 442 valence electrons. The number of unbranched alkanes of at least 4 members (excludes halogenated alkanes) is 48. The van der Waals surface area contributed by atoms with Crippen molar-refractivity contribution in [2.75, 3.05) is 13.2 Å². The van der Waals surface area contributed by atoms with Gasteiger partial charge < -0.3 is 20.3 Å². The van der Waals surface area contributed by atoms with Gasteiger partial charge >= 0.3 is 5.97 Å². The summed E-state index contributed by atoms with van der Waals surface area (Å²) in [6.45, 7) is 4.91. The third-order valence-corrected chi connectivity index (χ3v) is 15.7. The first-order valence-corrected chi connectivity index (χ1v) is 33.8. The number of hydrogen-bond acceptors (Lipinski definition) is 5. The molecule has 0 bridgehead atoms. The van der Waals surface area contributed by atoms with Gasteiger partial charge in [-0.3, -0.25) is 9.59 Å². The van der Waals surface area contributed by atoms with Crippen molar-refractivity contribution in [2.45, 2.75) is 379 Å². The predicted octanol–water partition coefficient (Wildman–Crippen LogP) is 21.5. The Morgan fingerprint density at radius 1 is 0.373 bits per heavy atom. The summed E-state index contributed by atoms with van der Waals surface area (Å²) in [5.74, 6) is -0.0582. The zero-order chi connectivity index (χ0) is 54.3. The molecule has 0 aliphatic carbocycles. The average Bonchev–Trinajstić information content (AvgIpc) is 3.41. The number of carbonyl (C=O) groups excluding carboxylic acids is 2. The van der Waals surface area contributed by atoms with E-state index in [0.717, 1.165) is 51.4 Å². The summed E-state index contributed by atoms with van der Waals surface area (Å²) >= 11 is 0. The number of hydrogen-bond donors (Lipinski definition) is 3. The maximum absolute atomic E-state index is 12.5. The topological polar surface area (TPSA) is 95.9 Å². The number of carbonyl (C=O) groups is 2. The zero-order valence-corrected chi connectivity index (χ0v) is 50.5. The van der Waals surface area contributed by atoms with Crippen molar-refractivity contribution in [2.24, 2.45) is 0 Å². The number of ether oxygens (including phenoxy) is 1. The first-order valence-electron chi connectivity index (χ1n) is 33.8. The molecule has 0 saturated heterocycles. The molecule has 2 unspecified atom stereocenters. The lowest BCUT2D eigenvalue weighted by molar-refractivity contribution is -0.143. The van der Waals surface area contributed by atoms with Gasteiger partial charge in [0.05, 0.1) is 25.4 Å². The predicted molar refractivity (Wildman–Crippen MR) is 329 cm³/mol. The summed E-state index contributed by atoms with van der Waals surface area (Å²) in [6, 6.07) is -0.628. The van der Waals surface area contributed by atoms with E-state index in [2.05, 4.69) is 43.5 Å². The van der Waals surface area contributed by atoms with Gasteiger partial charge in [0.1, 0.15) is 0 Å². The summed E-state index contributed by atoms with van der Waals surface area (Å²) in [6.07, 6.45) is 82.0. The summed E-state index contributed by atoms with van der Waals surface area (Å²) in [5, 5.41) is 23.2. The fourth-order valence-electron chi connectivity index (χ4n) is 10.5. The molecule has 75 heavy (non-hydrogen) atoms. The summed E-state index contributed by atoms with van der Waals surface area (Å²) in [4.78, 5) is 24.6. The second kappa shape index (κ2) is 64.6. The Balaban J connectivity index is 3.39. The molecule has 0 saturated carbocycles. The third-order valence-electron chi connectivity index (χ3n) is 15.7. The summed E-state index contributed by atoms with van der Waals surface area (Å²) in [7, 11) is 0. The molecule has 6 heteroatoms. The molecular weight excluding hydrogens is 923 g/mol. The molecule has 0 fully saturated rings. The second-order valence-corrected chi connectivity index (χ2v) is 23.2. The molecule has 0 spiro atoms. The standard InChI is InChI=1S/C69H131NO5/c1-3-5-7-9-11-13-15-17-19-21-31-35-39-43-47-51-55-59-63-69(74)75-64-60-56-52-48-44-40-36-32-28-26-24-22-23-25-27-30-34-38-42-46-50-54-58-62-68(73)70-66(65-71)67(72)61-57-53-49-45-41-37-33-29-20-18-16-14-12-10-8-6-4-2/h13,15,19,21,57,61,66-67,71-72H,3-12,14,16-18,20,22-56,58-60,62-65H2,1-2H3,(H,70,73)/b15-13-,21-19-,61-57+. The quantitative estimate of drug-likeness (QED) is 0.0320. The van der Waals surface area contributed by atoms with Crippen molar-refractivity contribution in [3.8, 4) is 0 Å². The maximum Gasteiger partial charge on any atom is 0.305 e. The average molecular weight is 1050 g/mol. The monoisotopic (exact) mass is 1050 g/mol. The lowest BCUT2D eigenvalue weighted by Crippen LogP contribution is -2.45. The third kappa shape index (κ3) is 61.2. The van der Waals surface area contributed by atoms with Crippen molar-refractivity contribution < 1.29 is 24.5 Å². The summed E-state index contributed by atoms with van der Waals surface area (Å²) in [5.41, 5.74) is 0. The Morgan fingerprint density at radius 3 is 1.03 bits per heavy atom. The van der Waals surface area contributed by atoms with Gasteiger partial charge in [0.15, 0.2) is 0 Å². The van der Waals surface area contributed by atoms with E-state index >= 15 is 0 Å². The van der Waals surface area contributed by atoms with E-state index in [-0.39, 0.29) is 18.5 Å². The Morgan fingerprint density at radius 2 is 0.667 bits per heavy atom. The maximum atomic E-state index is 12.5. The van der Waals surface area contributed by atoms with Crippen LogP contribution in [0.3, 0.4) is 0 Å². The van der Waals surface area contributed by atoms with Crippen LogP contribution in [-0.2, 0) is 14.3 Å². The molecule has 0 heterocycles. The van der Waals surface area contributed by atoms with Crippen LogP contribution in [0.1, 0.15) is 367 Å². The molecule has 0 aromatic heterocycles. The fraction of sp³-hybridized carbons (Fsp3) is 0.884. The number of amides is 1. The van der Waals surface area contributed by atoms with Crippen molar-refractivity contribution in [3.05, 3.63) is 36.5 Å². The number of nitrogens with one attached hydrogen (secondary N) is 1. The van der Waals surface area contributed by atoms with E-state index in [4.69, 9.17) is 4.74 Å². The van der Waals surface area contributed by atoms with Crippen LogP contribution in [0.2, 0.25) is 0 Å². The van der Waals surface area contributed by atoms with E-state index in [1.807, 2.05) is 6.08 Å². The molecule has 0 aliphatic rings. The van der Waals surface area contributed by atoms with Gasteiger partial charge in [0, 0.05) is 12.8 Å². The number of rotatable bonds is 63. The SMILES string of the molecule is CCCCCC/C=C\C/C=C\CCCCCCCCCC(=O)OCCCCCCCCCCCCCCCCCCCCCCCCCC(=O)NC(CO)C(O)/C=C/CCCCCCCCCCCCCCCCC. The normalized spacial score (nSPS) is 12.7. The number of aliphatic hydroxyl groups excluding tert-OH is 2. The Hall–Kier alpha value is -1.92. The molecule has 0 aromatic rings. The van der Waals surface area contributed by atoms with Crippen LogP contribution in [0.25, 0.3) is 0 Å². The molecule has 3 N–H and O–H groups in total. The molecule has 0 aliphatic heterocycles. The van der Waals surface area contributed by atoms with Gasteiger partial charge in [0.2, 0.25) is 5.91 Å². The summed E-state index contributed by atoms with van der Waals surface area (Å²) < 4.78 is 5.50. The Bertz CT molecular complexity index is 1210. The highest BCUT2D eigenvalue weighted by Gasteiger charge is 2.18. The van der Waals surface area contributed by atoms with Crippen LogP contribution in [0.4, 0.5) is 0 Å². The molecule has 2 atom stereocenters. The molecule has 0 rings (SSSR count). The number of esters is 1. The van der Waals surface area contributed by atoms with Gasteiger partial charge in [0.25, 0.3) is 0 Å². The van der Waals surface area contributed by atoms with Gasteiger partial charge in [-0.15, -0.1) is 0 Å². The van der Waals surface area contributed by atoms with Crippen LogP contribution in [0.5, 0.6) is 0 Å². The van der Waals surface area contributed by atoms with Crippen LogP contribution < -0.4 is 5.32 Å². The minimum absolute atomic E-state index is 0.00693. The highest BCUT2D eigenvalue weighted by Crippen LogP contribution is 2.18. The van der Waals surface area contributed by atoms with Crippen molar-refractivity contribution in [1.82, 2.24) is 5.32 Å². The Kier molecular flexibility index (Phi) is 63.0. The molecule has 0 aromatic carbocycles. The van der Waals surface area contributed by atoms with E-state index in [0.29, 0.717) is 19.4 Å². The largest absolute Gasteiger partial charge is 0.466 e. The highest BCUT2D eigenvalue weighted by molar-refractivity contribution is 5.76. The second-order valence-electron chi connectivity index (χ2n) is 23.2. The number of aliphatic hydroxyl groups is 2. The fourth-order valence-corrected chi connectivity index (χ4v) is 10.5. The highest BCUT2D eigenvalue weighted by atomic mass is 16.5. The zero-order valence-electron chi connectivity index (χ0n) is 50.5.